The number of nitrogens with one attached hydrogen (secondary N) is 1. The van der Waals surface area contributed by atoms with Crippen molar-refractivity contribution in [2.24, 2.45) is 0 Å². The number of thiophene rings is 1. The summed E-state index contributed by atoms with van der Waals surface area (Å²) >= 11 is 2.99. The number of nitrogens with zero attached hydrogens (tertiary/aromatic N) is 2. The molecule has 1 N–H and O–H groups in total. The summed E-state index contributed by atoms with van der Waals surface area (Å²) in [6.07, 6.45) is 1.43. The minimum absolute atomic E-state index is 0.0208. The number of hydrogen-bond donors (Lipinski definition) is 1. The number of thioether (sulfide) groups is 2. The topological polar surface area (TPSA) is 81.2 Å². The normalized spacial score (nSPS) is 11.0. The van der Waals surface area contributed by atoms with E-state index in [9.17, 15) is 18.4 Å². The van der Waals surface area contributed by atoms with Crippen molar-refractivity contribution < 1.29 is 23.1 Å². The number of alkyl halides is 2. The van der Waals surface area contributed by atoms with E-state index in [1.54, 1.807) is 12.1 Å². The highest BCUT2D eigenvalue weighted by Gasteiger charge is 2.14. The molecule has 3 rings (SSSR count). The van der Waals surface area contributed by atoms with Gasteiger partial charge < -0.3 is 10.1 Å². The number of para-hydroxylation sites is 1. The first-order valence-corrected chi connectivity index (χ1v) is 10.6. The average molecular weight is 442 g/mol. The van der Waals surface area contributed by atoms with Gasteiger partial charge in [0, 0.05) is 10.3 Å². The minimum Gasteiger partial charge on any atom is -0.455 e. The van der Waals surface area contributed by atoms with E-state index in [2.05, 4.69) is 15.3 Å². The second kappa shape index (κ2) is 9.80. The Kier molecular flexibility index (Phi) is 7.18. The van der Waals surface area contributed by atoms with Crippen LogP contribution in [-0.2, 0) is 14.3 Å². The first kappa shape index (κ1) is 20.5. The Labute approximate surface area is 171 Å². The molecule has 0 aliphatic carbocycles. The van der Waals surface area contributed by atoms with Crippen LogP contribution in [0.2, 0.25) is 0 Å². The van der Waals surface area contributed by atoms with Crippen LogP contribution in [0.5, 0.6) is 0 Å². The lowest BCUT2D eigenvalue weighted by Crippen LogP contribution is -2.22. The van der Waals surface area contributed by atoms with Crippen molar-refractivity contribution in [2.45, 2.75) is 15.7 Å². The van der Waals surface area contributed by atoms with Gasteiger partial charge in [0.2, 0.25) is 0 Å². The predicted octanol–water partition coefficient (Wildman–Crippen LogP) is 4.28. The highest BCUT2D eigenvalue weighted by molar-refractivity contribution is 8.00. The van der Waals surface area contributed by atoms with Gasteiger partial charge in [0.15, 0.2) is 6.61 Å². The SMILES string of the molecule is O=C(COC(=O)CSc1ncnc2sccc12)Nc1ccccc1SC(F)F. The second-order valence-electron chi connectivity index (χ2n) is 5.19. The molecule has 0 saturated carbocycles. The van der Waals surface area contributed by atoms with Crippen molar-refractivity contribution in [3.8, 4) is 0 Å². The Hall–Kier alpha value is -2.24. The molecule has 2 heterocycles. The van der Waals surface area contributed by atoms with E-state index in [-0.39, 0.29) is 16.3 Å². The van der Waals surface area contributed by atoms with E-state index in [1.807, 2.05) is 11.4 Å². The molecule has 0 unspecified atom stereocenters. The van der Waals surface area contributed by atoms with Gasteiger partial charge >= 0.3 is 5.97 Å². The summed E-state index contributed by atoms with van der Waals surface area (Å²) in [5, 5.41) is 5.87. The van der Waals surface area contributed by atoms with Gasteiger partial charge in [-0.1, -0.05) is 35.7 Å². The van der Waals surface area contributed by atoms with Crippen LogP contribution >= 0.6 is 34.9 Å². The molecule has 3 aromatic rings. The van der Waals surface area contributed by atoms with Crippen LogP contribution in [0.4, 0.5) is 14.5 Å². The molecule has 146 valence electrons. The highest BCUT2D eigenvalue weighted by Crippen LogP contribution is 2.31. The monoisotopic (exact) mass is 441 g/mol. The molecule has 0 spiro atoms. The third-order valence-electron chi connectivity index (χ3n) is 3.29. The van der Waals surface area contributed by atoms with Crippen molar-refractivity contribution in [1.82, 2.24) is 9.97 Å². The molecule has 28 heavy (non-hydrogen) atoms. The van der Waals surface area contributed by atoms with Crippen molar-refractivity contribution in [1.29, 1.82) is 0 Å². The number of rotatable bonds is 8. The summed E-state index contributed by atoms with van der Waals surface area (Å²) in [4.78, 5) is 33.2. The summed E-state index contributed by atoms with van der Waals surface area (Å²) in [6.45, 7) is -0.509. The smallest absolute Gasteiger partial charge is 0.316 e. The third kappa shape index (κ3) is 5.63. The van der Waals surface area contributed by atoms with Crippen LogP contribution < -0.4 is 5.32 Å². The Morgan fingerprint density at radius 2 is 2.04 bits per heavy atom. The lowest BCUT2D eigenvalue weighted by Gasteiger charge is -2.10. The molecule has 0 aliphatic heterocycles. The summed E-state index contributed by atoms with van der Waals surface area (Å²) in [7, 11) is 0. The zero-order valence-electron chi connectivity index (χ0n) is 14.1. The van der Waals surface area contributed by atoms with E-state index in [1.165, 1.54) is 41.6 Å². The average Bonchev–Trinajstić information content (AvgIpc) is 3.15. The molecule has 0 bridgehead atoms. The lowest BCUT2D eigenvalue weighted by atomic mass is 10.3. The second-order valence-corrected chi connectivity index (χ2v) is 8.08. The standard InChI is InChI=1S/C17H13F2N3O3S3/c18-17(19)28-12-4-2-1-3-11(12)22-13(23)7-25-14(24)8-27-16-10-5-6-26-15(10)20-9-21-16/h1-6,9,17H,7-8H2,(H,22,23). The minimum atomic E-state index is -2.61. The van der Waals surface area contributed by atoms with Crippen LogP contribution in [0.25, 0.3) is 10.2 Å². The van der Waals surface area contributed by atoms with Crippen molar-refractivity contribution in [2.75, 3.05) is 17.7 Å². The van der Waals surface area contributed by atoms with Crippen molar-refractivity contribution in [3.05, 3.63) is 42.0 Å². The lowest BCUT2D eigenvalue weighted by molar-refractivity contribution is -0.144. The molecule has 0 aliphatic rings. The summed E-state index contributed by atoms with van der Waals surface area (Å²) in [5.74, 6) is -3.82. The Morgan fingerprint density at radius 1 is 1.21 bits per heavy atom. The van der Waals surface area contributed by atoms with Gasteiger partial charge in [-0.2, -0.15) is 8.78 Å². The molecule has 11 heteroatoms. The fourth-order valence-electron chi connectivity index (χ4n) is 2.15. The Bertz CT molecular complexity index is 984. The molecular formula is C17H13F2N3O3S3. The zero-order valence-corrected chi connectivity index (χ0v) is 16.6. The maximum absolute atomic E-state index is 12.6. The fourth-order valence-corrected chi connectivity index (χ4v) is 4.32. The summed E-state index contributed by atoms with van der Waals surface area (Å²) in [5.41, 5.74) is 0.240. The number of esters is 1. The van der Waals surface area contributed by atoms with Gasteiger partial charge in [-0.15, -0.1) is 11.3 Å². The summed E-state index contributed by atoms with van der Waals surface area (Å²) < 4.78 is 30.1. The van der Waals surface area contributed by atoms with Gasteiger partial charge in [0.1, 0.15) is 16.2 Å². The van der Waals surface area contributed by atoms with Crippen molar-refractivity contribution >= 4 is 62.6 Å². The first-order valence-electron chi connectivity index (χ1n) is 7.83. The number of aromatic nitrogens is 2. The molecule has 0 atom stereocenters. The number of fused-ring (bicyclic) bond motifs is 1. The molecule has 0 saturated heterocycles. The first-order chi connectivity index (χ1) is 13.5. The largest absolute Gasteiger partial charge is 0.455 e. The van der Waals surface area contributed by atoms with Crippen LogP contribution in [0, 0.1) is 0 Å². The maximum Gasteiger partial charge on any atom is 0.316 e. The number of benzene rings is 1. The van der Waals surface area contributed by atoms with E-state index < -0.39 is 24.2 Å². The number of ether oxygens (including phenoxy) is 1. The summed E-state index contributed by atoms with van der Waals surface area (Å²) in [6, 6.07) is 8.05. The van der Waals surface area contributed by atoms with Gasteiger partial charge in [0.25, 0.3) is 11.7 Å². The van der Waals surface area contributed by atoms with Gasteiger partial charge in [-0.3, -0.25) is 9.59 Å². The van der Waals surface area contributed by atoms with E-state index in [0.29, 0.717) is 16.8 Å². The molecule has 0 radical (unpaired) electrons. The number of hydrogen-bond acceptors (Lipinski definition) is 8. The van der Waals surface area contributed by atoms with Crippen LogP contribution in [0.15, 0.2) is 52.0 Å². The number of amides is 1. The maximum atomic E-state index is 12.6. The fraction of sp³-hybridized carbons (Fsp3) is 0.176. The van der Waals surface area contributed by atoms with E-state index >= 15 is 0 Å². The molecule has 1 aromatic carbocycles. The van der Waals surface area contributed by atoms with Gasteiger partial charge in [-0.05, 0) is 23.6 Å². The van der Waals surface area contributed by atoms with Crippen LogP contribution in [0.1, 0.15) is 0 Å². The Balaban J connectivity index is 1.48. The predicted molar refractivity (Wildman–Crippen MR) is 106 cm³/mol. The molecule has 0 fully saturated rings. The third-order valence-corrected chi connectivity index (χ3v) is 5.88. The number of halogens is 2. The molecule has 1 amide bonds. The van der Waals surface area contributed by atoms with Crippen LogP contribution in [0.3, 0.4) is 0 Å². The number of anilines is 1. The quantitative estimate of drug-likeness (QED) is 0.317. The van der Waals surface area contributed by atoms with Gasteiger partial charge in [0.05, 0.1) is 11.4 Å². The zero-order chi connectivity index (χ0) is 19.9. The Morgan fingerprint density at radius 3 is 2.86 bits per heavy atom. The van der Waals surface area contributed by atoms with Gasteiger partial charge in [-0.25, -0.2) is 9.97 Å². The van der Waals surface area contributed by atoms with E-state index in [0.717, 1.165) is 10.2 Å². The number of carbonyl (C=O) groups excluding carboxylic acids is 2. The number of carbonyl (C=O) groups is 2. The molecule has 6 nitrogen and oxygen atoms in total. The van der Waals surface area contributed by atoms with E-state index in [4.69, 9.17) is 4.74 Å². The highest BCUT2D eigenvalue weighted by atomic mass is 32.2. The van der Waals surface area contributed by atoms with Crippen molar-refractivity contribution in [3.63, 3.8) is 0 Å². The van der Waals surface area contributed by atoms with Crippen LogP contribution in [-0.4, -0.2) is 40.0 Å². The molecule has 2 aromatic heterocycles. The molecular weight excluding hydrogens is 428 g/mol.